The average Bonchev–Trinajstić information content (AvgIpc) is 3.79. The molecule has 0 saturated carbocycles. The van der Waals surface area contributed by atoms with Crippen molar-refractivity contribution in [2.45, 2.75) is 63.2 Å². The van der Waals surface area contributed by atoms with Crippen molar-refractivity contribution in [3.8, 4) is 0 Å². The Bertz CT molecular complexity index is 1130. The maximum Gasteiger partial charge on any atom is 0.258 e. The molecule has 12 heteroatoms. The van der Waals surface area contributed by atoms with Crippen molar-refractivity contribution in [2.24, 2.45) is 0 Å². The van der Waals surface area contributed by atoms with Crippen LogP contribution in [0, 0.1) is 0 Å². The number of rotatable bonds is 6. The first-order valence-corrected chi connectivity index (χ1v) is 12.4. The molecular formula is C26H32N4O8. The number of ether oxygens (including phenoxy) is 2. The van der Waals surface area contributed by atoms with Crippen LogP contribution in [-0.2, 0) is 19.1 Å². The third-order valence-electron chi connectivity index (χ3n) is 7.82. The first kappa shape index (κ1) is 26.4. The molecule has 0 spiro atoms. The van der Waals surface area contributed by atoms with Crippen LogP contribution in [0.1, 0.15) is 51.0 Å². The molecule has 6 atom stereocenters. The summed E-state index contributed by atoms with van der Waals surface area (Å²) < 4.78 is 11.7. The summed E-state index contributed by atoms with van der Waals surface area (Å²) >= 11 is 0. The molecule has 3 fully saturated rings. The minimum absolute atomic E-state index is 0.0253. The Hall–Kier alpha value is -3.26. The van der Waals surface area contributed by atoms with Gasteiger partial charge in [0.1, 0.15) is 12.2 Å². The van der Waals surface area contributed by atoms with Gasteiger partial charge in [-0.3, -0.25) is 30.4 Å². The monoisotopic (exact) mass is 528 g/mol. The number of hydrogen-bond donors (Lipinski definition) is 4. The predicted molar refractivity (Wildman–Crippen MR) is 132 cm³/mol. The molecule has 3 saturated heterocycles. The van der Waals surface area contributed by atoms with Gasteiger partial charge in [0.25, 0.3) is 11.8 Å². The van der Waals surface area contributed by atoms with Gasteiger partial charge in [-0.2, -0.15) is 0 Å². The molecule has 2 aromatic carbocycles. The van der Waals surface area contributed by atoms with E-state index in [9.17, 15) is 9.59 Å². The highest BCUT2D eigenvalue weighted by molar-refractivity contribution is 5.91. The van der Waals surface area contributed by atoms with Gasteiger partial charge in [-0.05, 0) is 63.1 Å². The number of amides is 2. The maximum absolute atomic E-state index is 13.5. The molecule has 0 unspecified atom stereocenters. The zero-order chi connectivity index (χ0) is 27.6. The molecule has 0 bridgehead atoms. The maximum atomic E-state index is 13.5. The standard InChI is InChI=1S/C26H32N4O8/c1-15-13-28(24(32)26(4)22(38-26)18-7-11-20(12-8-18)30(35)36)16(2)14-27(15)23(31)25(3)21(37-25)17-5-9-19(10-6-17)29(33)34/h5-12,15-16,21-22,33-36H,13-14H2,1-4H3/t15-,16-,21-,22-,25+,26+/m1/s1. The summed E-state index contributed by atoms with van der Waals surface area (Å²) in [6, 6.07) is 12.3. The molecule has 12 nitrogen and oxygen atoms in total. The van der Waals surface area contributed by atoms with E-state index in [1.54, 1.807) is 47.9 Å². The van der Waals surface area contributed by atoms with Crippen LogP contribution in [0.3, 0.4) is 0 Å². The highest BCUT2D eigenvalue weighted by Crippen LogP contribution is 2.52. The summed E-state index contributed by atoms with van der Waals surface area (Å²) in [5, 5.41) is 36.6. The Labute approximate surface area is 219 Å². The van der Waals surface area contributed by atoms with Crippen molar-refractivity contribution in [3.05, 3.63) is 59.7 Å². The molecule has 204 valence electrons. The van der Waals surface area contributed by atoms with E-state index >= 15 is 0 Å². The lowest BCUT2D eigenvalue weighted by Crippen LogP contribution is -2.62. The highest BCUT2D eigenvalue weighted by atomic mass is 16.8. The number of hydrogen-bond acceptors (Lipinski definition) is 10. The lowest BCUT2D eigenvalue weighted by molar-refractivity contribution is -0.151. The average molecular weight is 529 g/mol. The second kappa shape index (κ2) is 9.19. The van der Waals surface area contributed by atoms with Crippen LogP contribution < -0.4 is 10.5 Å². The largest absolute Gasteiger partial charge is 0.351 e. The van der Waals surface area contributed by atoms with Crippen molar-refractivity contribution in [1.29, 1.82) is 0 Å². The Morgan fingerprint density at radius 1 is 0.711 bits per heavy atom. The number of anilines is 2. The van der Waals surface area contributed by atoms with Crippen molar-refractivity contribution >= 4 is 23.2 Å². The van der Waals surface area contributed by atoms with E-state index in [-0.39, 0.29) is 45.7 Å². The van der Waals surface area contributed by atoms with E-state index in [0.29, 0.717) is 13.1 Å². The van der Waals surface area contributed by atoms with Gasteiger partial charge < -0.3 is 19.3 Å². The van der Waals surface area contributed by atoms with Gasteiger partial charge in [0.2, 0.25) is 0 Å². The van der Waals surface area contributed by atoms with Gasteiger partial charge in [0.15, 0.2) is 11.2 Å². The molecule has 5 rings (SSSR count). The Morgan fingerprint density at radius 3 is 1.32 bits per heavy atom. The van der Waals surface area contributed by atoms with E-state index in [1.165, 1.54) is 24.3 Å². The minimum Gasteiger partial charge on any atom is -0.351 e. The number of epoxide rings is 2. The summed E-state index contributed by atoms with van der Waals surface area (Å²) in [5.74, 6) is -0.310. The molecular weight excluding hydrogens is 496 g/mol. The van der Waals surface area contributed by atoms with Gasteiger partial charge in [-0.15, -0.1) is 10.5 Å². The summed E-state index contributed by atoms with van der Waals surface area (Å²) in [5.41, 5.74) is -0.183. The lowest BCUT2D eigenvalue weighted by Gasteiger charge is -2.45. The van der Waals surface area contributed by atoms with Crippen molar-refractivity contribution in [3.63, 3.8) is 0 Å². The van der Waals surface area contributed by atoms with Gasteiger partial charge in [-0.1, -0.05) is 24.3 Å². The van der Waals surface area contributed by atoms with Crippen LogP contribution in [0.2, 0.25) is 0 Å². The molecule has 0 aliphatic carbocycles. The fourth-order valence-electron chi connectivity index (χ4n) is 5.35. The second-order valence-corrected chi connectivity index (χ2v) is 10.6. The summed E-state index contributed by atoms with van der Waals surface area (Å²) in [6.45, 7) is 7.98. The molecule has 38 heavy (non-hydrogen) atoms. The van der Waals surface area contributed by atoms with Gasteiger partial charge in [0, 0.05) is 25.2 Å². The number of piperazine rings is 1. The van der Waals surface area contributed by atoms with Gasteiger partial charge in [-0.25, -0.2) is 0 Å². The normalized spacial score (nSPS) is 32.1. The highest BCUT2D eigenvalue weighted by Gasteiger charge is 2.63. The fraction of sp³-hybridized carbons (Fsp3) is 0.462. The topological polar surface area (TPSA) is 153 Å². The van der Waals surface area contributed by atoms with E-state index < -0.39 is 23.4 Å². The van der Waals surface area contributed by atoms with Crippen LogP contribution >= 0.6 is 0 Å². The molecule has 0 aromatic heterocycles. The Morgan fingerprint density at radius 2 is 1.03 bits per heavy atom. The number of carbonyl (C=O) groups is 2. The molecule has 4 N–H and O–H groups in total. The molecule has 2 aromatic rings. The second-order valence-electron chi connectivity index (χ2n) is 10.6. The van der Waals surface area contributed by atoms with Crippen LogP contribution in [-0.4, -0.2) is 78.8 Å². The molecule has 2 amide bonds. The van der Waals surface area contributed by atoms with Gasteiger partial charge >= 0.3 is 0 Å². The Balaban J connectivity index is 1.23. The number of carbonyl (C=O) groups excluding carboxylic acids is 2. The van der Waals surface area contributed by atoms with Crippen LogP contribution in [0.5, 0.6) is 0 Å². The van der Waals surface area contributed by atoms with Crippen molar-refractivity contribution < 1.29 is 39.9 Å². The van der Waals surface area contributed by atoms with E-state index in [1.807, 2.05) is 13.8 Å². The summed E-state index contributed by atoms with van der Waals surface area (Å²) in [7, 11) is 0. The Kier molecular flexibility index (Phi) is 6.37. The summed E-state index contributed by atoms with van der Waals surface area (Å²) in [6.07, 6.45) is -0.904. The third-order valence-corrected chi connectivity index (χ3v) is 7.82. The van der Waals surface area contributed by atoms with E-state index in [4.69, 9.17) is 30.3 Å². The summed E-state index contributed by atoms with van der Waals surface area (Å²) in [4.78, 5) is 30.6. The van der Waals surface area contributed by atoms with E-state index in [0.717, 1.165) is 11.1 Å². The van der Waals surface area contributed by atoms with Crippen LogP contribution in [0.4, 0.5) is 11.4 Å². The smallest absolute Gasteiger partial charge is 0.258 e. The van der Waals surface area contributed by atoms with Crippen molar-refractivity contribution in [1.82, 2.24) is 9.80 Å². The predicted octanol–water partition coefficient (Wildman–Crippen LogP) is 2.66. The zero-order valence-electron chi connectivity index (χ0n) is 21.6. The lowest BCUT2D eigenvalue weighted by atomic mass is 9.95. The molecule has 3 heterocycles. The first-order chi connectivity index (χ1) is 17.9. The van der Waals surface area contributed by atoms with Crippen LogP contribution in [0.25, 0.3) is 0 Å². The molecule has 0 radical (unpaired) electrons. The van der Waals surface area contributed by atoms with E-state index in [2.05, 4.69) is 0 Å². The number of nitrogens with zero attached hydrogens (tertiary/aromatic N) is 4. The molecule has 3 aliphatic heterocycles. The fourth-order valence-corrected chi connectivity index (χ4v) is 5.35. The van der Waals surface area contributed by atoms with Gasteiger partial charge in [0.05, 0.1) is 11.4 Å². The first-order valence-electron chi connectivity index (χ1n) is 12.4. The number of benzene rings is 2. The van der Waals surface area contributed by atoms with Crippen molar-refractivity contribution in [2.75, 3.05) is 23.5 Å². The zero-order valence-corrected chi connectivity index (χ0v) is 21.6. The minimum atomic E-state index is -1.04. The third kappa shape index (κ3) is 4.38. The van der Waals surface area contributed by atoms with Crippen LogP contribution in [0.15, 0.2) is 48.5 Å². The SMILES string of the molecule is C[C@@H]1CN(C(=O)[C@@]2(C)O[C@@H]2c2ccc(N(O)O)cc2)[C@H](C)CN1C(=O)[C@@]1(C)O[C@@H]1c1ccc(N(O)O)cc1. The molecule has 3 aliphatic rings. The quantitative estimate of drug-likeness (QED) is 0.325.